The van der Waals surface area contributed by atoms with Gasteiger partial charge in [0.25, 0.3) is 0 Å². The van der Waals surface area contributed by atoms with Crippen molar-refractivity contribution in [3.05, 3.63) is 33.0 Å². The van der Waals surface area contributed by atoms with Crippen LogP contribution in [-0.2, 0) is 6.42 Å². The van der Waals surface area contributed by atoms with Crippen LogP contribution in [0.15, 0.2) is 18.2 Å². The van der Waals surface area contributed by atoms with Crippen molar-refractivity contribution in [2.24, 2.45) is 0 Å². The lowest BCUT2D eigenvalue weighted by atomic mass is 10.1. The zero-order valence-corrected chi connectivity index (χ0v) is 11.0. The number of halogens is 1. The summed E-state index contributed by atoms with van der Waals surface area (Å²) in [5.74, 6) is 0. The van der Waals surface area contributed by atoms with Gasteiger partial charge in [0.2, 0.25) is 0 Å². The number of hydrogen-bond acceptors (Lipinski definition) is 2. The van der Waals surface area contributed by atoms with Gasteiger partial charge in [-0.25, -0.2) is 0 Å². The monoisotopic (exact) mass is 312 g/mol. The Morgan fingerprint density at radius 2 is 2.13 bits per heavy atom. The molecule has 0 radical (unpaired) electrons. The summed E-state index contributed by atoms with van der Waals surface area (Å²) in [5.41, 5.74) is 10.2. The third kappa shape index (κ3) is 1.69. The number of benzene rings is 1. The standard InChI is InChI=1S/C12H13IN2/c1-3-10-7(2)11(14)8-5-4-6-9(13)12(8)15-10/h4-6H,3H2,1-2H3,(H2,14,15). The minimum Gasteiger partial charge on any atom is -0.398 e. The van der Waals surface area contributed by atoms with Gasteiger partial charge in [-0.1, -0.05) is 19.1 Å². The zero-order chi connectivity index (χ0) is 11.0. The van der Waals surface area contributed by atoms with E-state index in [1.165, 1.54) is 0 Å². The summed E-state index contributed by atoms with van der Waals surface area (Å²) in [5, 5.41) is 1.07. The number of pyridine rings is 1. The second-order valence-corrected chi connectivity index (χ2v) is 4.75. The molecule has 0 amide bonds. The van der Waals surface area contributed by atoms with Gasteiger partial charge < -0.3 is 5.73 Å². The highest BCUT2D eigenvalue weighted by Crippen LogP contribution is 2.28. The Hall–Kier alpha value is -0.840. The summed E-state index contributed by atoms with van der Waals surface area (Å²) in [6.45, 7) is 4.15. The van der Waals surface area contributed by atoms with Gasteiger partial charge in [0.05, 0.1) is 5.52 Å². The number of nitrogens with two attached hydrogens (primary N) is 1. The van der Waals surface area contributed by atoms with Crippen molar-refractivity contribution in [2.45, 2.75) is 20.3 Å². The molecule has 0 unspecified atom stereocenters. The summed E-state index contributed by atoms with van der Waals surface area (Å²) in [6.07, 6.45) is 0.928. The maximum absolute atomic E-state index is 6.12. The van der Waals surface area contributed by atoms with Crippen LogP contribution in [0.1, 0.15) is 18.2 Å². The third-order valence-corrected chi connectivity index (χ3v) is 3.57. The minimum atomic E-state index is 0.871. The molecule has 1 heterocycles. The molecule has 0 saturated carbocycles. The number of nitrogens with zero attached hydrogens (tertiary/aromatic N) is 1. The van der Waals surface area contributed by atoms with Crippen LogP contribution >= 0.6 is 22.6 Å². The SMILES string of the molecule is CCc1nc2c(I)cccc2c(N)c1C. The van der Waals surface area contributed by atoms with E-state index in [0.29, 0.717) is 0 Å². The quantitative estimate of drug-likeness (QED) is 0.821. The molecular formula is C12H13IN2. The Kier molecular flexibility index (Phi) is 2.82. The van der Waals surface area contributed by atoms with E-state index in [4.69, 9.17) is 5.73 Å². The second-order valence-electron chi connectivity index (χ2n) is 3.59. The fourth-order valence-corrected chi connectivity index (χ4v) is 2.39. The average Bonchev–Trinajstić information content (AvgIpc) is 2.24. The molecule has 3 heteroatoms. The van der Waals surface area contributed by atoms with E-state index in [1.54, 1.807) is 0 Å². The van der Waals surface area contributed by atoms with Gasteiger partial charge in [-0.2, -0.15) is 0 Å². The average molecular weight is 312 g/mol. The van der Waals surface area contributed by atoms with Crippen molar-refractivity contribution >= 4 is 39.2 Å². The lowest BCUT2D eigenvalue weighted by Gasteiger charge is -2.10. The lowest BCUT2D eigenvalue weighted by molar-refractivity contribution is 1.03. The van der Waals surface area contributed by atoms with Crippen LogP contribution < -0.4 is 5.73 Å². The van der Waals surface area contributed by atoms with Crippen LogP contribution in [0.5, 0.6) is 0 Å². The maximum Gasteiger partial charge on any atom is 0.0859 e. The van der Waals surface area contributed by atoms with Gasteiger partial charge in [-0.15, -0.1) is 0 Å². The van der Waals surface area contributed by atoms with Crippen molar-refractivity contribution in [2.75, 3.05) is 5.73 Å². The molecule has 78 valence electrons. The molecule has 2 rings (SSSR count). The highest BCUT2D eigenvalue weighted by atomic mass is 127. The van der Waals surface area contributed by atoms with Crippen molar-refractivity contribution in [3.63, 3.8) is 0 Å². The fraction of sp³-hybridized carbons (Fsp3) is 0.250. The molecule has 0 aliphatic rings. The highest BCUT2D eigenvalue weighted by molar-refractivity contribution is 14.1. The van der Waals surface area contributed by atoms with Crippen LogP contribution in [-0.4, -0.2) is 4.98 Å². The van der Waals surface area contributed by atoms with Crippen LogP contribution in [0.4, 0.5) is 5.69 Å². The number of rotatable bonds is 1. The molecular weight excluding hydrogens is 299 g/mol. The highest BCUT2D eigenvalue weighted by Gasteiger charge is 2.09. The molecule has 1 aromatic heterocycles. The number of hydrogen-bond donors (Lipinski definition) is 1. The molecule has 2 N–H and O–H groups in total. The summed E-state index contributed by atoms with van der Waals surface area (Å²) in [6, 6.07) is 6.11. The van der Waals surface area contributed by atoms with Crippen molar-refractivity contribution < 1.29 is 0 Å². The summed E-state index contributed by atoms with van der Waals surface area (Å²) >= 11 is 2.30. The Morgan fingerprint density at radius 1 is 1.40 bits per heavy atom. The zero-order valence-electron chi connectivity index (χ0n) is 8.84. The van der Waals surface area contributed by atoms with Gasteiger partial charge >= 0.3 is 0 Å². The summed E-state index contributed by atoms with van der Waals surface area (Å²) in [7, 11) is 0. The van der Waals surface area contributed by atoms with Crippen LogP contribution in [0.3, 0.4) is 0 Å². The Bertz CT molecular complexity index is 521. The lowest BCUT2D eigenvalue weighted by Crippen LogP contribution is -2.00. The first-order valence-corrected chi connectivity index (χ1v) is 6.06. The molecule has 0 fully saturated rings. The van der Waals surface area contributed by atoms with Crippen LogP contribution in [0, 0.1) is 10.5 Å². The predicted octanol–water partition coefficient (Wildman–Crippen LogP) is 3.29. The van der Waals surface area contributed by atoms with E-state index in [2.05, 4.69) is 40.6 Å². The minimum absolute atomic E-state index is 0.871. The molecule has 0 spiro atoms. The fourth-order valence-electron chi connectivity index (χ4n) is 1.77. The van der Waals surface area contributed by atoms with Gasteiger partial charge in [-0.3, -0.25) is 4.98 Å². The molecule has 0 atom stereocenters. The number of nitrogen functional groups attached to an aromatic ring is 1. The first kappa shape index (κ1) is 10.7. The first-order chi connectivity index (χ1) is 7.15. The summed E-state index contributed by atoms with van der Waals surface area (Å²) < 4.78 is 1.16. The third-order valence-electron chi connectivity index (χ3n) is 2.70. The van der Waals surface area contributed by atoms with Crippen molar-refractivity contribution in [3.8, 4) is 0 Å². The smallest absolute Gasteiger partial charge is 0.0859 e. The van der Waals surface area contributed by atoms with E-state index in [9.17, 15) is 0 Å². The Labute approximate surface area is 103 Å². The van der Waals surface area contributed by atoms with Crippen LogP contribution in [0.25, 0.3) is 10.9 Å². The maximum atomic E-state index is 6.12. The van der Waals surface area contributed by atoms with Gasteiger partial charge in [0.15, 0.2) is 0 Å². The second kappa shape index (κ2) is 3.96. The normalized spacial score (nSPS) is 10.9. The van der Waals surface area contributed by atoms with Gasteiger partial charge in [-0.05, 0) is 47.6 Å². The largest absolute Gasteiger partial charge is 0.398 e. The predicted molar refractivity (Wildman–Crippen MR) is 73.0 cm³/mol. The number of anilines is 1. The van der Waals surface area contributed by atoms with E-state index >= 15 is 0 Å². The molecule has 2 aromatic rings. The number of aromatic nitrogens is 1. The molecule has 1 aromatic carbocycles. The number of para-hydroxylation sites is 1. The molecule has 15 heavy (non-hydrogen) atoms. The molecule has 0 saturated heterocycles. The van der Waals surface area contributed by atoms with Crippen LogP contribution in [0.2, 0.25) is 0 Å². The van der Waals surface area contributed by atoms with E-state index in [-0.39, 0.29) is 0 Å². The Balaban J connectivity index is 2.91. The topological polar surface area (TPSA) is 38.9 Å². The van der Waals surface area contributed by atoms with E-state index < -0.39 is 0 Å². The van der Waals surface area contributed by atoms with Gasteiger partial charge in [0.1, 0.15) is 0 Å². The number of fused-ring (bicyclic) bond motifs is 1. The molecule has 2 nitrogen and oxygen atoms in total. The Morgan fingerprint density at radius 3 is 2.80 bits per heavy atom. The molecule has 0 aliphatic carbocycles. The van der Waals surface area contributed by atoms with E-state index in [0.717, 1.165) is 37.8 Å². The summed E-state index contributed by atoms with van der Waals surface area (Å²) in [4.78, 5) is 4.67. The molecule has 0 bridgehead atoms. The number of aryl methyl sites for hydroxylation is 1. The van der Waals surface area contributed by atoms with Crippen molar-refractivity contribution in [1.82, 2.24) is 4.98 Å². The van der Waals surface area contributed by atoms with E-state index in [1.807, 2.05) is 19.1 Å². The molecule has 0 aliphatic heterocycles. The first-order valence-electron chi connectivity index (χ1n) is 4.98. The van der Waals surface area contributed by atoms with Gasteiger partial charge in [0, 0.05) is 20.3 Å². The van der Waals surface area contributed by atoms with Crippen molar-refractivity contribution in [1.29, 1.82) is 0 Å².